The predicted molar refractivity (Wildman–Crippen MR) is 152 cm³/mol. The number of hydrogen-bond donors (Lipinski definition) is 2. The Balaban J connectivity index is 1.46. The minimum Gasteiger partial charge on any atom is -0.485 e. The monoisotopic (exact) mass is 595 g/mol. The Morgan fingerprint density at radius 2 is 1.90 bits per heavy atom. The van der Waals surface area contributed by atoms with Crippen molar-refractivity contribution in [2.24, 2.45) is 0 Å². The van der Waals surface area contributed by atoms with Gasteiger partial charge in [-0.05, 0) is 63.6 Å². The number of ether oxygens (including phenoxy) is 2. The third-order valence-electron chi connectivity index (χ3n) is 6.24. The SMILES string of the molecule is CCOC(C)n1cc(-c2ncn3nc(Nc4ccc(S(=O)(=O)c5cccc(CO)c5)cc4F)nc3c2OC(C)C)cn1. The largest absolute Gasteiger partial charge is 0.485 e. The van der Waals surface area contributed by atoms with Crippen molar-refractivity contribution in [3.63, 3.8) is 0 Å². The molecule has 3 heterocycles. The lowest BCUT2D eigenvalue weighted by molar-refractivity contribution is 0.0160. The van der Waals surface area contributed by atoms with E-state index in [1.165, 1.54) is 41.2 Å². The maximum atomic E-state index is 15.2. The number of aliphatic hydroxyl groups is 1. The zero-order chi connectivity index (χ0) is 30.0. The van der Waals surface area contributed by atoms with Gasteiger partial charge in [-0.2, -0.15) is 14.6 Å². The highest BCUT2D eigenvalue weighted by Gasteiger charge is 2.22. The molecule has 0 fully saturated rings. The van der Waals surface area contributed by atoms with Gasteiger partial charge in [-0.3, -0.25) is 0 Å². The first kappa shape index (κ1) is 29.1. The van der Waals surface area contributed by atoms with E-state index in [2.05, 4.69) is 25.5 Å². The molecule has 1 atom stereocenters. The van der Waals surface area contributed by atoms with Crippen LogP contribution in [0.3, 0.4) is 0 Å². The lowest BCUT2D eigenvalue weighted by Crippen LogP contribution is -2.10. The molecule has 12 nitrogen and oxygen atoms in total. The van der Waals surface area contributed by atoms with Crippen LogP contribution in [0.1, 0.15) is 39.5 Å². The molecule has 14 heteroatoms. The summed E-state index contributed by atoms with van der Waals surface area (Å²) in [6, 6.07) is 9.37. The molecule has 0 spiro atoms. The van der Waals surface area contributed by atoms with Gasteiger partial charge in [-0.15, -0.1) is 5.10 Å². The molecule has 2 aromatic carbocycles. The van der Waals surface area contributed by atoms with Crippen LogP contribution in [0.25, 0.3) is 16.9 Å². The van der Waals surface area contributed by atoms with Crippen molar-refractivity contribution in [2.75, 3.05) is 11.9 Å². The summed E-state index contributed by atoms with van der Waals surface area (Å²) in [6.45, 7) is 7.75. The predicted octanol–water partition coefficient (Wildman–Crippen LogP) is 4.54. The van der Waals surface area contributed by atoms with Gasteiger partial charge >= 0.3 is 0 Å². The van der Waals surface area contributed by atoms with Gasteiger partial charge in [0, 0.05) is 18.4 Å². The summed E-state index contributed by atoms with van der Waals surface area (Å²) in [5, 5.41) is 20.9. The van der Waals surface area contributed by atoms with E-state index in [1.54, 1.807) is 23.1 Å². The number of nitrogens with one attached hydrogen (secondary N) is 1. The van der Waals surface area contributed by atoms with Crippen molar-refractivity contribution in [1.29, 1.82) is 0 Å². The fraction of sp³-hybridized carbons (Fsp3) is 0.286. The van der Waals surface area contributed by atoms with Crippen LogP contribution < -0.4 is 10.1 Å². The number of anilines is 2. The Morgan fingerprint density at radius 1 is 1.12 bits per heavy atom. The van der Waals surface area contributed by atoms with Gasteiger partial charge in [0.1, 0.15) is 24.1 Å². The van der Waals surface area contributed by atoms with Gasteiger partial charge < -0.3 is 19.9 Å². The number of rotatable bonds is 11. The van der Waals surface area contributed by atoms with Crippen molar-refractivity contribution in [3.05, 3.63) is 72.6 Å². The summed E-state index contributed by atoms with van der Waals surface area (Å²) in [4.78, 5) is 8.76. The van der Waals surface area contributed by atoms with Gasteiger partial charge in [0.2, 0.25) is 21.4 Å². The molecule has 0 aliphatic heterocycles. The lowest BCUT2D eigenvalue weighted by Gasteiger charge is -2.13. The Labute approximate surface area is 241 Å². The summed E-state index contributed by atoms with van der Waals surface area (Å²) < 4.78 is 56.1. The molecule has 0 saturated carbocycles. The second kappa shape index (κ2) is 11.8. The number of hydrogen-bond acceptors (Lipinski definition) is 10. The molecule has 5 rings (SSSR count). The fourth-order valence-corrected chi connectivity index (χ4v) is 5.59. The van der Waals surface area contributed by atoms with Crippen molar-refractivity contribution in [2.45, 2.75) is 56.4 Å². The Hall–Kier alpha value is -4.40. The molecule has 42 heavy (non-hydrogen) atoms. The van der Waals surface area contributed by atoms with Gasteiger partial charge in [-0.25, -0.2) is 22.5 Å². The van der Waals surface area contributed by atoms with Crippen LogP contribution >= 0.6 is 0 Å². The summed E-state index contributed by atoms with van der Waals surface area (Å²) in [5.41, 5.74) is 1.92. The minimum absolute atomic E-state index is 0.0281. The van der Waals surface area contributed by atoms with Crippen molar-refractivity contribution >= 4 is 27.1 Å². The van der Waals surface area contributed by atoms with E-state index in [4.69, 9.17) is 9.47 Å². The fourth-order valence-electron chi connectivity index (χ4n) is 4.25. The molecule has 3 aromatic heterocycles. The number of nitrogens with zero attached hydrogens (tertiary/aromatic N) is 6. The Bertz CT molecular complexity index is 1840. The number of halogens is 1. The first-order valence-corrected chi connectivity index (χ1v) is 14.7. The second-order valence-corrected chi connectivity index (χ2v) is 11.6. The molecule has 0 aliphatic rings. The molecular formula is C28H30FN7O5S. The van der Waals surface area contributed by atoms with Gasteiger partial charge in [0.05, 0.1) is 34.4 Å². The Morgan fingerprint density at radius 3 is 2.62 bits per heavy atom. The number of benzene rings is 2. The normalized spacial score (nSPS) is 12.6. The van der Waals surface area contributed by atoms with Gasteiger partial charge in [0.25, 0.3) is 0 Å². The average molecular weight is 596 g/mol. The summed E-state index contributed by atoms with van der Waals surface area (Å²) in [6.07, 6.45) is 4.43. The number of aromatic nitrogens is 6. The topological polar surface area (TPSA) is 146 Å². The summed E-state index contributed by atoms with van der Waals surface area (Å²) in [5.74, 6) is -0.404. The van der Waals surface area contributed by atoms with Crippen LogP contribution in [0.2, 0.25) is 0 Å². The van der Waals surface area contributed by atoms with Crippen LogP contribution in [-0.2, 0) is 21.2 Å². The van der Waals surface area contributed by atoms with Gasteiger partial charge in [0.15, 0.2) is 5.75 Å². The smallest absolute Gasteiger partial charge is 0.247 e. The molecule has 220 valence electrons. The third-order valence-corrected chi connectivity index (χ3v) is 7.99. The van der Waals surface area contributed by atoms with Crippen molar-refractivity contribution < 1.29 is 27.4 Å². The maximum Gasteiger partial charge on any atom is 0.247 e. The van der Waals surface area contributed by atoms with E-state index in [0.717, 1.165) is 6.07 Å². The highest BCUT2D eigenvalue weighted by molar-refractivity contribution is 7.91. The lowest BCUT2D eigenvalue weighted by atomic mass is 10.2. The highest BCUT2D eigenvalue weighted by atomic mass is 32.2. The molecule has 0 bridgehead atoms. The molecular weight excluding hydrogens is 565 g/mol. The van der Waals surface area contributed by atoms with E-state index in [-0.39, 0.29) is 40.4 Å². The maximum absolute atomic E-state index is 15.2. The molecule has 0 amide bonds. The molecule has 5 aromatic rings. The van der Waals surface area contributed by atoms with Crippen LogP contribution in [0.4, 0.5) is 16.0 Å². The summed E-state index contributed by atoms with van der Waals surface area (Å²) in [7, 11) is -4.01. The average Bonchev–Trinajstić information content (AvgIpc) is 3.62. The number of aliphatic hydroxyl groups excluding tert-OH is 1. The first-order valence-electron chi connectivity index (χ1n) is 13.2. The highest BCUT2D eigenvalue weighted by Crippen LogP contribution is 2.33. The molecule has 0 saturated heterocycles. The molecule has 0 radical (unpaired) electrons. The van der Waals surface area contributed by atoms with Crippen LogP contribution in [0, 0.1) is 5.82 Å². The van der Waals surface area contributed by atoms with Crippen molar-refractivity contribution in [3.8, 4) is 17.0 Å². The van der Waals surface area contributed by atoms with Gasteiger partial charge in [-0.1, -0.05) is 12.1 Å². The number of fused-ring (bicyclic) bond motifs is 1. The number of sulfone groups is 1. The zero-order valence-corrected chi connectivity index (χ0v) is 24.2. The quantitative estimate of drug-likeness (QED) is 0.223. The minimum atomic E-state index is -4.01. The third kappa shape index (κ3) is 5.82. The van der Waals surface area contributed by atoms with Crippen LogP contribution in [0.15, 0.2) is 71.0 Å². The summed E-state index contributed by atoms with van der Waals surface area (Å²) >= 11 is 0. The van der Waals surface area contributed by atoms with E-state index < -0.39 is 15.7 Å². The Kier molecular flexibility index (Phi) is 8.20. The van der Waals surface area contributed by atoms with E-state index in [0.29, 0.717) is 34.8 Å². The molecule has 2 N–H and O–H groups in total. The molecule has 1 unspecified atom stereocenters. The van der Waals surface area contributed by atoms with Crippen molar-refractivity contribution in [1.82, 2.24) is 29.4 Å². The van der Waals surface area contributed by atoms with E-state index >= 15 is 4.39 Å². The van der Waals surface area contributed by atoms with E-state index in [9.17, 15) is 13.5 Å². The van der Waals surface area contributed by atoms with E-state index in [1.807, 2.05) is 27.7 Å². The van der Waals surface area contributed by atoms with Crippen LogP contribution in [0.5, 0.6) is 5.75 Å². The standard InChI is InChI=1S/C28H30FN7O5S/c1-5-40-18(4)35-14-20(13-31-35)25-26(41-17(2)3)27-33-28(34-36(27)16-30-25)32-24-10-9-22(12-23(24)29)42(38,39)21-8-6-7-19(11-21)15-37/h6-14,16-18,37H,5,15H2,1-4H3,(H,32,34). The van der Waals surface area contributed by atoms with Crippen LogP contribution in [-0.4, -0.2) is 55.6 Å². The first-order chi connectivity index (χ1) is 20.1. The second-order valence-electron chi connectivity index (χ2n) is 9.63. The molecule has 0 aliphatic carbocycles. The zero-order valence-electron chi connectivity index (χ0n) is 23.4.